The number of hydrogen-bond acceptors (Lipinski definition) is 4. The maximum atomic E-state index is 6.37. The van der Waals surface area contributed by atoms with Crippen molar-refractivity contribution in [3.8, 4) is 0 Å². The third kappa shape index (κ3) is 6.14. The molecule has 1 saturated heterocycles. The van der Waals surface area contributed by atoms with Crippen LogP contribution < -0.4 is 0 Å². The van der Waals surface area contributed by atoms with E-state index >= 15 is 0 Å². The van der Waals surface area contributed by atoms with Crippen LogP contribution in [0.2, 0.25) is 0 Å². The van der Waals surface area contributed by atoms with Crippen LogP contribution in [0.15, 0.2) is 18.4 Å². The lowest BCUT2D eigenvalue weighted by Gasteiger charge is -2.36. The Labute approximate surface area is 150 Å². The van der Waals surface area contributed by atoms with Crippen molar-refractivity contribution in [1.82, 2.24) is 0 Å². The lowest BCUT2D eigenvalue weighted by molar-refractivity contribution is -0.117. The molecule has 10 unspecified atom stereocenters. The van der Waals surface area contributed by atoms with Crippen molar-refractivity contribution < 1.29 is 18.3 Å². The van der Waals surface area contributed by atoms with Crippen LogP contribution in [0.3, 0.4) is 0 Å². The van der Waals surface area contributed by atoms with Crippen LogP contribution in [0, 0.1) is 0 Å². The zero-order valence-electron chi connectivity index (χ0n) is 12.1. The van der Waals surface area contributed by atoms with Gasteiger partial charge in [0, 0.05) is 8.50 Å². The van der Waals surface area contributed by atoms with Gasteiger partial charge in [-0.3, -0.25) is 0 Å². The summed E-state index contributed by atoms with van der Waals surface area (Å²) in [6.07, 6.45) is 1.75. The first-order valence-corrected chi connectivity index (χ1v) is 20.0. The van der Waals surface area contributed by atoms with Gasteiger partial charge in [-0.15, -0.1) is 14.7 Å². The van der Waals surface area contributed by atoms with Gasteiger partial charge in [0.15, 0.2) is 11.9 Å². The van der Waals surface area contributed by atoms with Crippen molar-refractivity contribution in [2.75, 3.05) is 0 Å². The Balaban J connectivity index is 3.25. The average molecular weight is 474 g/mol. The monoisotopic (exact) mass is 474 g/mol. The van der Waals surface area contributed by atoms with Gasteiger partial charge in [0.05, 0.1) is 21.2 Å². The quantitative estimate of drug-likeness (QED) is 0.325. The first-order chi connectivity index (χ1) is 10.4. The molecule has 4 nitrogen and oxygen atoms in total. The fourth-order valence-electron chi connectivity index (χ4n) is 2.16. The molecule has 0 aromatic carbocycles. The Kier molecular flexibility index (Phi) is 12.5. The van der Waals surface area contributed by atoms with Crippen molar-refractivity contribution in [2.45, 2.75) is 37.4 Å². The van der Waals surface area contributed by atoms with Crippen LogP contribution in [0.4, 0.5) is 0 Å². The summed E-state index contributed by atoms with van der Waals surface area (Å²) in [7, 11) is 12.8. The molecule has 0 bridgehead atoms. The van der Waals surface area contributed by atoms with E-state index < -0.39 is 26.9 Å². The molecule has 1 aliphatic rings. The van der Waals surface area contributed by atoms with Gasteiger partial charge in [-0.25, -0.2) is 0 Å². The van der Waals surface area contributed by atoms with E-state index in [1.165, 1.54) is 0 Å². The summed E-state index contributed by atoms with van der Waals surface area (Å²) in [6.45, 7) is 5.80. The number of rotatable bonds is 9. The first kappa shape index (κ1) is 23.3. The van der Waals surface area contributed by atoms with Crippen LogP contribution >= 0.6 is 76.1 Å². The fourth-order valence-corrected chi connectivity index (χ4v) is 6.47. The van der Waals surface area contributed by atoms with Gasteiger partial charge in [0.1, 0.15) is 6.10 Å². The van der Waals surface area contributed by atoms with Gasteiger partial charge < -0.3 is 18.3 Å². The smallest absolute Gasteiger partial charge is 0.198 e. The minimum atomic E-state index is -0.823. The highest BCUT2D eigenvalue weighted by Crippen LogP contribution is 2.70. The summed E-state index contributed by atoms with van der Waals surface area (Å²) in [6, 6.07) is 0. The zero-order chi connectivity index (χ0) is 16.8. The molecule has 0 spiro atoms. The second-order valence-corrected chi connectivity index (χ2v) is 19.7. The maximum absolute atomic E-state index is 6.37. The predicted molar refractivity (Wildman–Crippen MR) is 121 cm³/mol. The third-order valence-corrected chi connectivity index (χ3v) is 13.4. The molecule has 0 aliphatic carbocycles. The van der Waals surface area contributed by atoms with Crippen molar-refractivity contribution in [1.29, 1.82) is 0 Å². The highest BCUT2D eigenvalue weighted by molar-refractivity contribution is 8.59. The number of ether oxygens (including phenoxy) is 1. The maximum Gasteiger partial charge on any atom is 0.198 e. The van der Waals surface area contributed by atoms with Crippen LogP contribution in [-0.2, 0) is 18.3 Å². The molecule has 128 valence electrons. The molecule has 0 radical (unpaired) electrons. The van der Waals surface area contributed by atoms with Crippen LogP contribution in [0.5, 0.6) is 0 Å². The lowest BCUT2D eigenvalue weighted by Crippen LogP contribution is -2.48. The molecule has 0 aromatic rings. The van der Waals surface area contributed by atoms with Crippen molar-refractivity contribution >= 4 is 76.1 Å². The second-order valence-electron chi connectivity index (χ2n) is 4.28. The highest BCUT2D eigenvalue weighted by Gasteiger charge is 2.59. The van der Waals surface area contributed by atoms with Crippen molar-refractivity contribution in [3.05, 3.63) is 18.4 Å². The van der Waals surface area contributed by atoms with Crippen LogP contribution in [-0.4, -0.2) is 24.1 Å². The van der Waals surface area contributed by atoms with Gasteiger partial charge in [0.2, 0.25) is 0 Å². The lowest BCUT2D eigenvalue weighted by atomic mass is 9.94. The van der Waals surface area contributed by atoms with Gasteiger partial charge in [-0.1, -0.05) is 49.2 Å². The minimum Gasteiger partial charge on any atom is -0.349 e. The van der Waals surface area contributed by atoms with E-state index in [2.05, 4.69) is 63.9 Å². The molecule has 0 saturated carbocycles. The molecule has 0 amide bonds. The molecule has 0 N–H and O–H groups in total. The van der Waals surface area contributed by atoms with E-state index in [9.17, 15) is 0 Å². The van der Waals surface area contributed by atoms with Crippen molar-refractivity contribution in [3.63, 3.8) is 0 Å². The fraction of sp³-hybridized carbons (Fsp3) is 0.667. The SMILES string of the molecule is C=C=CC1(OP(P)PP)C(OP(P)P)O[C@H](CC)[C@@H]1OPP. The molecule has 22 heavy (non-hydrogen) atoms. The Bertz CT molecular complexity index is 393. The van der Waals surface area contributed by atoms with E-state index in [-0.39, 0.29) is 20.7 Å². The molecular weight excluding hydrogens is 451 g/mol. The molecular formula is C9H23O4P9. The molecule has 12 atom stereocenters. The average Bonchev–Trinajstić information content (AvgIpc) is 2.73. The van der Waals surface area contributed by atoms with E-state index in [0.29, 0.717) is 7.96 Å². The molecule has 13 heteroatoms. The Hall–Kier alpha value is 3.23. The summed E-state index contributed by atoms with van der Waals surface area (Å²) in [4.78, 5) is 0. The Morgan fingerprint density at radius 3 is 2.55 bits per heavy atom. The van der Waals surface area contributed by atoms with Gasteiger partial charge in [0.25, 0.3) is 0 Å². The normalized spacial score (nSPS) is 34.0. The summed E-state index contributed by atoms with van der Waals surface area (Å²) >= 11 is 0. The van der Waals surface area contributed by atoms with E-state index in [1.807, 2.05) is 0 Å². The molecule has 1 rings (SSSR count). The minimum absolute atomic E-state index is 0.0890. The second kappa shape index (κ2) is 11.8. The molecule has 1 heterocycles. The van der Waals surface area contributed by atoms with Crippen molar-refractivity contribution in [2.24, 2.45) is 0 Å². The Morgan fingerprint density at radius 2 is 2.09 bits per heavy atom. The summed E-state index contributed by atoms with van der Waals surface area (Å²) in [5, 5.41) is 0. The third-order valence-electron chi connectivity index (χ3n) is 2.98. The van der Waals surface area contributed by atoms with Crippen LogP contribution in [0.25, 0.3) is 0 Å². The Morgan fingerprint density at radius 1 is 1.41 bits per heavy atom. The highest BCUT2D eigenvalue weighted by atomic mass is 32.6. The standard InChI is InChI=1S/C9H23O4P9/c1-3-5-9(13-22(18)20-15)7(11-19-14)6(4-2)10-8(9)12-21(16)17/h5-8,19-20H,1,4,14-18H2,2H3/t6-,7+,8?,9?,22?/m1/s1. The van der Waals surface area contributed by atoms with E-state index in [1.54, 1.807) is 6.08 Å². The summed E-state index contributed by atoms with van der Waals surface area (Å²) < 4.78 is 24.5. The van der Waals surface area contributed by atoms with Crippen LogP contribution in [0.1, 0.15) is 13.3 Å². The van der Waals surface area contributed by atoms with Gasteiger partial charge in [-0.05, 0) is 20.5 Å². The van der Waals surface area contributed by atoms with Gasteiger partial charge in [-0.2, -0.15) is 0 Å². The zero-order valence-corrected chi connectivity index (χ0v) is 21.7. The molecule has 1 fully saturated rings. The van der Waals surface area contributed by atoms with Gasteiger partial charge >= 0.3 is 0 Å². The summed E-state index contributed by atoms with van der Waals surface area (Å²) in [5.74, 6) is 0. The predicted octanol–water partition coefficient (Wildman–Crippen LogP) is 5.55. The number of hydrogen-bond donors (Lipinski definition) is 0. The first-order valence-electron chi connectivity index (χ1n) is 6.25. The largest absolute Gasteiger partial charge is 0.349 e. The van der Waals surface area contributed by atoms with E-state index in [0.717, 1.165) is 6.42 Å². The topological polar surface area (TPSA) is 36.9 Å². The summed E-state index contributed by atoms with van der Waals surface area (Å²) in [5.41, 5.74) is 2.04. The van der Waals surface area contributed by atoms with E-state index in [4.69, 9.17) is 18.3 Å². The molecule has 0 aromatic heterocycles. The molecule has 1 aliphatic heterocycles.